The molecule has 13 heteroatoms. The first-order valence-electron chi connectivity index (χ1n) is 14.2. The number of likely N-dealkylation sites (N-methyl/N-ethyl adjacent to an activating group) is 1. The minimum absolute atomic E-state index is 0.0611. The van der Waals surface area contributed by atoms with E-state index >= 15 is 4.39 Å². The minimum Gasteiger partial charge on any atom is -0.462 e. The molecule has 0 aliphatic carbocycles. The maximum Gasteiger partial charge on any atom is 0.319 e. The molecule has 3 atom stereocenters. The molecule has 0 N–H and O–H groups in total. The van der Waals surface area contributed by atoms with Gasteiger partial charge in [0.1, 0.15) is 29.5 Å². The number of amides is 1. The summed E-state index contributed by atoms with van der Waals surface area (Å²) >= 11 is 6.33. The summed E-state index contributed by atoms with van der Waals surface area (Å²) in [7, 11) is 1.59. The zero-order valence-electron chi connectivity index (χ0n) is 23.6. The standard InChI is InChI=1S/C31H27ClF4N6O2/c1-3-23(43)41-10-9-21-22(41)13-42(21)29-19-12-37-27(18-6-4-5-16-7-8-20(33)25(32)24(16)18)26(34)28(19)38-30(39-29)44-14-17-11-31(35,36)15-40(17)2/h3-8,12,17,21-22H,1,9-11,13-15H2,2H3/t17-,21+,22+/m0/s1. The van der Waals surface area contributed by atoms with Gasteiger partial charge in [-0.25, -0.2) is 17.6 Å². The zero-order valence-corrected chi connectivity index (χ0v) is 24.4. The highest BCUT2D eigenvalue weighted by atomic mass is 35.5. The molecule has 228 valence electrons. The summed E-state index contributed by atoms with van der Waals surface area (Å²) < 4.78 is 64.8. The number of hydrogen-bond acceptors (Lipinski definition) is 7. The first kappa shape index (κ1) is 28.7. The van der Waals surface area contributed by atoms with Gasteiger partial charge in [0, 0.05) is 42.7 Å². The van der Waals surface area contributed by atoms with E-state index in [2.05, 4.69) is 21.5 Å². The summed E-state index contributed by atoms with van der Waals surface area (Å²) in [6, 6.07) is 6.94. The van der Waals surface area contributed by atoms with E-state index < -0.39 is 23.6 Å². The maximum absolute atomic E-state index is 16.5. The number of alkyl halides is 2. The van der Waals surface area contributed by atoms with E-state index in [1.165, 1.54) is 23.2 Å². The molecule has 2 aromatic carbocycles. The molecule has 0 unspecified atom stereocenters. The third-order valence-electron chi connectivity index (χ3n) is 8.90. The monoisotopic (exact) mass is 626 g/mol. The average molecular weight is 627 g/mol. The van der Waals surface area contributed by atoms with E-state index in [-0.39, 0.29) is 65.4 Å². The number of halogens is 5. The van der Waals surface area contributed by atoms with Crippen LogP contribution >= 0.6 is 11.6 Å². The van der Waals surface area contributed by atoms with Crippen LogP contribution in [-0.4, -0.2) is 88.0 Å². The number of nitrogens with zero attached hydrogens (tertiary/aromatic N) is 6. The van der Waals surface area contributed by atoms with Crippen LogP contribution < -0.4 is 9.64 Å². The third kappa shape index (κ3) is 4.62. The summed E-state index contributed by atoms with van der Waals surface area (Å²) in [4.78, 5) is 31.0. The normalized spacial score (nSPS) is 22.8. The molecule has 4 aromatic rings. The largest absolute Gasteiger partial charge is 0.462 e. The second-order valence-corrected chi connectivity index (χ2v) is 11.9. The van der Waals surface area contributed by atoms with Crippen molar-refractivity contribution < 1.29 is 27.1 Å². The van der Waals surface area contributed by atoms with Crippen molar-refractivity contribution in [3.8, 4) is 17.3 Å². The molecule has 44 heavy (non-hydrogen) atoms. The van der Waals surface area contributed by atoms with Crippen LogP contribution in [0, 0.1) is 11.6 Å². The smallest absolute Gasteiger partial charge is 0.319 e. The number of ether oxygens (including phenoxy) is 1. The fourth-order valence-corrected chi connectivity index (χ4v) is 6.94. The first-order chi connectivity index (χ1) is 21.1. The van der Waals surface area contributed by atoms with E-state index in [1.54, 1.807) is 36.2 Å². The van der Waals surface area contributed by atoms with Crippen LogP contribution in [0.3, 0.4) is 0 Å². The summed E-state index contributed by atoms with van der Waals surface area (Å²) in [6.07, 6.45) is 3.03. The van der Waals surface area contributed by atoms with Gasteiger partial charge in [-0.1, -0.05) is 42.4 Å². The number of fused-ring (bicyclic) bond motifs is 3. The predicted molar refractivity (Wildman–Crippen MR) is 158 cm³/mol. The number of likely N-dealkylation sites (tertiary alicyclic amines) is 2. The van der Waals surface area contributed by atoms with Crippen LogP contribution in [0.4, 0.5) is 23.4 Å². The third-order valence-corrected chi connectivity index (χ3v) is 9.27. The van der Waals surface area contributed by atoms with Gasteiger partial charge >= 0.3 is 6.01 Å². The quantitative estimate of drug-likeness (QED) is 0.208. The number of carbonyl (C=O) groups excluding carboxylic acids is 1. The maximum atomic E-state index is 16.5. The van der Waals surface area contributed by atoms with Gasteiger partial charge in [0.2, 0.25) is 5.91 Å². The highest BCUT2D eigenvalue weighted by molar-refractivity contribution is 6.36. The molecule has 0 radical (unpaired) electrons. The Morgan fingerprint density at radius 2 is 2.02 bits per heavy atom. The Labute approximate surface area is 254 Å². The van der Waals surface area contributed by atoms with Crippen LogP contribution in [0.5, 0.6) is 6.01 Å². The van der Waals surface area contributed by atoms with Crippen molar-refractivity contribution in [3.63, 3.8) is 0 Å². The summed E-state index contributed by atoms with van der Waals surface area (Å²) in [5.41, 5.74) is 0.0961. The summed E-state index contributed by atoms with van der Waals surface area (Å²) in [5, 5.41) is 1.06. The van der Waals surface area contributed by atoms with Gasteiger partial charge in [0.05, 0.1) is 29.0 Å². The Morgan fingerprint density at radius 1 is 1.20 bits per heavy atom. The van der Waals surface area contributed by atoms with E-state index in [1.807, 2.05) is 4.90 Å². The van der Waals surface area contributed by atoms with Crippen molar-refractivity contribution in [2.24, 2.45) is 0 Å². The number of benzene rings is 2. The van der Waals surface area contributed by atoms with Gasteiger partial charge in [0.15, 0.2) is 5.82 Å². The molecule has 0 bridgehead atoms. The number of aromatic nitrogens is 3. The summed E-state index contributed by atoms with van der Waals surface area (Å²) in [5.74, 6) is -4.07. The first-order valence-corrected chi connectivity index (χ1v) is 14.6. The number of carbonyl (C=O) groups is 1. The van der Waals surface area contributed by atoms with Gasteiger partial charge in [-0.2, -0.15) is 9.97 Å². The van der Waals surface area contributed by atoms with Gasteiger partial charge in [-0.05, 0) is 31.0 Å². The van der Waals surface area contributed by atoms with Gasteiger partial charge in [-0.3, -0.25) is 14.7 Å². The van der Waals surface area contributed by atoms with Crippen molar-refractivity contribution in [3.05, 3.63) is 65.8 Å². The topological polar surface area (TPSA) is 74.7 Å². The Kier molecular flexibility index (Phi) is 6.89. The molecule has 3 aliphatic rings. The van der Waals surface area contributed by atoms with Crippen molar-refractivity contribution in [2.45, 2.75) is 36.9 Å². The minimum atomic E-state index is -2.84. The molecule has 7 rings (SSSR count). The second kappa shape index (κ2) is 10.6. The van der Waals surface area contributed by atoms with Crippen molar-refractivity contribution in [1.82, 2.24) is 24.8 Å². The van der Waals surface area contributed by atoms with Gasteiger partial charge < -0.3 is 14.5 Å². The summed E-state index contributed by atoms with van der Waals surface area (Å²) in [6.45, 7) is 4.06. The van der Waals surface area contributed by atoms with E-state index in [4.69, 9.17) is 16.3 Å². The molecule has 3 fully saturated rings. The molecule has 3 aliphatic heterocycles. The van der Waals surface area contributed by atoms with Crippen LogP contribution in [0.25, 0.3) is 32.9 Å². The Morgan fingerprint density at radius 3 is 2.77 bits per heavy atom. The second-order valence-electron chi connectivity index (χ2n) is 11.5. The van der Waals surface area contributed by atoms with Crippen molar-refractivity contribution >= 4 is 45.0 Å². The SMILES string of the molecule is C=CC(=O)N1CC[C@@H]2[C@H]1CN2c1nc(OC[C@@H]2CC(F)(F)CN2C)nc2c(F)c(-c3cccc4ccc(F)c(Cl)c34)ncc12. The molecule has 3 saturated heterocycles. The van der Waals surface area contributed by atoms with Crippen LogP contribution in [0.15, 0.2) is 49.2 Å². The van der Waals surface area contributed by atoms with Crippen molar-refractivity contribution in [2.75, 3.05) is 38.2 Å². The van der Waals surface area contributed by atoms with Crippen molar-refractivity contribution in [1.29, 1.82) is 0 Å². The van der Waals surface area contributed by atoms with Crippen LogP contribution in [0.1, 0.15) is 12.8 Å². The molecule has 1 amide bonds. The number of pyridine rings is 1. The molecule has 8 nitrogen and oxygen atoms in total. The molecule has 0 saturated carbocycles. The molecular formula is C31H27ClF4N6O2. The molecule has 5 heterocycles. The number of rotatable bonds is 6. The van der Waals surface area contributed by atoms with Gasteiger partial charge in [-0.15, -0.1) is 0 Å². The molecular weight excluding hydrogens is 600 g/mol. The van der Waals surface area contributed by atoms with Crippen LogP contribution in [0.2, 0.25) is 5.02 Å². The lowest BCUT2D eigenvalue weighted by molar-refractivity contribution is -0.127. The zero-order chi connectivity index (χ0) is 30.9. The van der Waals surface area contributed by atoms with E-state index in [0.29, 0.717) is 41.5 Å². The lowest BCUT2D eigenvalue weighted by atomic mass is 9.96. The van der Waals surface area contributed by atoms with E-state index in [0.717, 1.165) is 0 Å². The Bertz CT molecular complexity index is 1840. The average Bonchev–Trinajstić information content (AvgIpc) is 3.46. The molecule has 0 spiro atoms. The van der Waals surface area contributed by atoms with Crippen LogP contribution in [-0.2, 0) is 4.79 Å². The Balaban J connectivity index is 1.32. The van der Waals surface area contributed by atoms with Gasteiger partial charge in [0.25, 0.3) is 5.92 Å². The van der Waals surface area contributed by atoms with E-state index in [9.17, 15) is 18.0 Å². The highest BCUT2D eigenvalue weighted by Crippen LogP contribution is 2.42. The Hall–Kier alpha value is -4.03. The lowest BCUT2D eigenvalue weighted by Crippen LogP contribution is -2.63. The number of hydrogen-bond donors (Lipinski definition) is 0. The fraction of sp³-hybridized carbons (Fsp3) is 0.355. The lowest BCUT2D eigenvalue weighted by Gasteiger charge is -2.47. The fourth-order valence-electron chi connectivity index (χ4n) is 6.67. The predicted octanol–water partition coefficient (Wildman–Crippen LogP) is 5.47. The highest BCUT2D eigenvalue weighted by Gasteiger charge is 2.49. The molecule has 2 aromatic heterocycles. The number of anilines is 1.